The number of rotatable bonds is 7. The van der Waals surface area contributed by atoms with Crippen molar-refractivity contribution in [3.05, 3.63) is 12.3 Å². The van der Waals surface area contributed by atoms with E-state index in [4.69, 9.17) is 0 Å². The zero-order chi connectivity index (χ0) is 12.7. The predicted octanol–water partition coefficient (Wildman–Crippen LogP) is 3.15. The summed E-state index contributed by atoms with van der Waals surface area (Å²) in [5.41, 5.74) is 0. The molecular formula is C13H24N4. The van der Waals surface area contributed by atoms with Crippen molar-refractivity contribution in [2.45, 2.75) is 46.6 Å². The van der Waals surface area contributed by atoms with Gasteiger partial charge in [-0.1, -0.05) is 20.3 Å². The molecule has 96 valence electrons. The van der Waals surface area contributed by atoms with Crippen molar-refractivity contribution in [3.63, 3.8) is 0 Å². The van der Waals surface area contributed by atoms with E-state index in [2.05, 4.69) is 41.4 Å². The average molecular weight is 236 g/mol. The summed E-state index contributed by atoms with van der Waals surface area (Å²) in [7, 11) is 0. The summed E-state index contributed by atoms with van der Waals surface area (Å²) in [6.07, 6.45) is 4.17. The number of nitrogens with zero attached hydrogens (tertiary/aromatic N) is 2. The van der Waals surface area contributed by atoms with Crippen LogP contribution in [0.5, 0.6) is 0 Å². The molecule has 0 aliphatic carbocycles. The largest absolute Gasteiger partial charge is 0.367 e. The fourth-order valence-corrected chi connectivity index (χ4v) is 1.76. The van der Waals surface area contributed by atoms with Crippen molar-refractivity contribution >= 4 is 11.8 Å². The van der Waals surface area contributed by atoms with Crippen LogP contribution in [0, 0.1) is 5.92 Å². The SMILES string of the molecule is CCNc1nccc(NC(C)CC(C)CC)n1. The van der Waals surface area contributed by atoms with Crippen molar-refractivity contribution in [1.29, 1.82) is 0 Å². The van der Waals surface area contributed by atoms with Crippen LogP contribution < -0.4 is 10.6 Å². The van der Waals surface area contributed by atoms with E-state index in [0.717, 1.165) is 24.7 Å². The van der Waals surface area contributed by atoms with E-state index in [1.54, 1.807) is 6.20 Å². The molecule has 0 fully saturated rings. The maximum Gasteiger partial charge on any atom is 0.224 e. The van der Waals surface area contributed by atoms with Gasteiger partial charge in [0.1, 0.15) is 5.82 Å². The van der Waals surface area contributed by atoms with Crippen LogP contribution in [0.3, 0.4) is 0 Å². The third-order valence-corrected chi connectivity index (χ3v) is 2.84. The molecule has 0 aromatic carbocycles. The van der Waals surface area contributed by atoms with Crippen molar-refractivity contribution in [2.24, 2.45) is 5.92 Å². The van der Waals surface area contributed by atoms with Crippen LogP contribution in [0.2, 0.25) is 0 Å². The second-order valence-electron chi connectivity index (χ2n) is 4.59. The number of nitrogens with one attached hydrogen (secondary N) is 2. The van der Waals surface area contributed by atoms with Gasteiger partial charge in [0.15, 0.2) is 0 Å². The fourth-order valence-electron chi connectivity index (χ4n) is 1.76. The highest BCUT2D eigenvalue weighted by Gasteiger charge is 2.08. The third kappa shape index (κ3) is 5.02. The van der Waals surface area contributed by atoms with Crippen LogP contribution in [0.25, 0.3) is 0 Å². The lowest BCUT2D eigenvalue weighted by atomic mass is 10.0. The monoisotopic (exact) mass is 236 g/mol. The Morgan fingerprint density at radius 1 is 1.29 bits per heavy atom. The molecule has 1 aromatic rings. The standard InChI is InChI=1S/C13H24N4/c1-5-10(3)9-11(4)16-12-7-8-15-13(17-12)14-6-2/h7-8,10-11H,5-6,9H2,1-4H3,(H2,14,15,16,17). The Balaban J connectivity index is 2.52. The molecule has 1 aromatic heterocycles. The average Bonchev–Trinajstić information content (AvgIpc) is 2.29. The first kappa shape index (κ1) is 13.7. The minimum absolute atomic E-state index is 0.439. The van der Waals surface area contributed by atoms with Gasteiger partial charge in [-0.05, 0) is 32.3 Å². The summed E-state index contributed by atoms with van der Waals surface area (Å²) in [6, 6.07) is 2.35. The summed E-state index contributed by atoms with van der Waals surface area (Å²) >= 11 is 0. The lowest BCUT2D eigenvalue weighted by Crippen LogP contribution is -2.19. The minimum atomic E-state index is 0.439. The number of hydrogen-bond donors (Lipinski definition) is 2. The Morgan fingerprint density at radius 2 is 2.06 bits per heavy atom. The smallest absolute Gasteiger partial charge is 0.224 e. The molecule has 0 bridgehead atoms. The topological polar surface area (TPSA) is 49.8 Å². The second-order valence-corrected chi connectivity index (χ2v) is 4.59. The zero-order valence-corrected chi connectivity index (χ0v) is 11.3. The van der Waals surface area contributed by atoms with Gasteiger partial charge < -0.3 is 10.6 Å². The van der Waals surface area contributed by atoms with Crippen molar-refractivity contribution in [2.75, 3.05) is 17.2 Å². The molecular weight excluding hydrogens is 212 g/mol. The van der Waals surface area contributed by atoms with Gasteiger partial charge in [0, 0.05) is 18.8 Å². The highest BCUT2D eigenvalue weighted by Crippen LogP contribution is 2.14. The van der Waals surface area contributed by atoms with Gasteiger partial charge in [0.25, 0.3) is 0 Å². The van der Waals surface area contributed by atoms with E-state index in [9.17, 15) is 0 Å². The number of aromatic nitrogens is 2. The Kier molecular flexibility index (Phi) is 5.73. The Labute approximate surface area is 104 Å². The molecule has 2 N–H and O–H groups in total. The molecule has 0 aliphatic rings. The zero-order valence-electron chi connectivity index (χ0n) is 11.3. The molecule has 4 heteroatoms. The van der Waals surface area contributed by atoms with E-state index in [0.29, 0.717) is 12.0 Å². The van der Waals surface area contributed by atoms with E-state index in [-0.39, 0.29) is 0 Å². The van der Waals surface area contributed by atoms with E-state index in [1.165, 1.54) is 6.42 Å². The maximum atomic E-state index is 4.40. The van der Waals surface area contributed by atoms with Crippen LogP contribution in [-0.2, 0) is 0 Å². The van der Waals surface area contributed by atoms with Crippen LogP contribution >= 0.6 is 0 Å². The molecule has 1 rings (SSSR count). The van der Waals surface area contributed by atoms with Crippen molar-refractivity contribution in [3.8, 4) is 0 Å². The molecule has 17 heavy (non-hydrogen) atoms. The molecule has 0 radical (unpaired) electrons. The summed E-state index contributed by atoms with van der Waals surface area (Å²) in [5, 5.41) is 6.53. The summed E-state index contributed by atoms with van der Waals surface area (Å²) in [6.45, 7) is 9.58. The normalized spacial score (nSPS) is 14.1. The van der Waals surface area contributed by atoms with Gasteiger partial charge in [-0.2, -0.15) is 4.98 Å². The second kappa shape index (κ2) is 7.09. The van der Waals surface area contributed by atoms with Gasteiger partial charge in [-0.3, -0.25) is 0 Å². The van der Waals surface area contributed by atoms with Crippen LogP contribution in [-0.4, -0.2) is 22.6 Å². The van der Waals surface area contributed by atoms with Crippen molar-refractivity contribution < 1.29 is 0 Å². The highest BCUT2D eigenvalue weighted by molar-refractivity contribution is 5.40. The molecule has 0 amide bonds. The third-order valence-electron chi connectivity index (χ3n) is 2.84. The molecule has 4 nitrogen and oxygen atoms in total. The predicted molar refractivity (Wildman–Crippen MR) is 73.4 cm³/mol. The van der Waals surface area contributed by atoms with Crippen LogP contribution in [0.4, 0.5) is 11.8 Å². The van der Waals surface area contributed by atoms with E-state index < -0.39 is 0 Å². The molecule has 0 saturated carbocycles. The fraction of sp³-hybridized carbons (Fsp3) is 0.692. The van der Waals surface area contributed by atoms with Crippen LogP contribution in [0.1, 0.15) is 40.5 Å². The molecule has 0 saturated heterocycles. The van der Waals surface area contributed by atoms with Crippen molar-refractivity contribution in [1.82, 2.24) is 9.97 Å². The molecule has 0 aliphatic heterocycles. The minimum Gasteiger partial charge on any atom is -0.367 e. The van der Waals surface area contributed by atoms with E-state index in [1.807, 2.05) is 13.0 Å². The summed E-state index contributed by atoms with van der Waals surface area (Å²) in [5.74, 6) is 2.33. The van der Waals surface area contributed by atoms with Gasteiger partial charge >= 0.3 is 0 Å². The maximum absolute atomic E-state index is 4.40. The van der Waals surface area contributed by atoms with Gasteiger partial charge in [0.2, 0.25) is 5.95 Å². The lowest BCUT2D eigenvalue weighted by molar-refractivity contribution is 0.483. The Hall–Kier alpha value is -1.32. The van der Waals surface area contributed by atoms with Gasteiger partial charge in [0.05, 0.1) is 0 Å². The first-order chi connectivity index (χ1) is 8.15. The number of anilines is 2. The molecule has 2 unspecified atom stereocenters. The number of hydrogen-bond acceptors (Lipinski definition) is 4. The highest BCUT2D eigenvalue weighted by atomic mass is 15.1. The van der Waals surface area contributed by atoms with Crippen LogP contribution in [0.15, 0.2) is 12.3 Å². The quantitative estimate of drug-likeness (QED) is 0.763. The summed E-state index contributed by atoms with van der Waals surface area (Å²) in [4.78, 5) is 8.55. The first-order valence-electron chi connectivity index (χ1n) is 6.49. The van der Waals surface area contributed by atoms with E-state index >= 15 is 0 Å². The molecule has 0 spiro atoms. The molecule has 1 heterocycles. The summed E-state index contributed by atoms with van der Waals surface area (Å²) < 4.78 is 0. The van der Waals surface area contributed by atoms with Gasteiger partial charge in [-0.25, -0.2) is 4.98 Å². The van der Waals surface area contributed by atoms with Gasteiger partial charge in [-0.15, -0.1) is 0 Å². The lowest BCUT2D eigenvalue weighted by Gasteiger charge is -2.18. The first-order valence-corrected chi connectivity index (χ1v) is 6.49. The Bertz CT molecular complexity index is 327. The Morgan fingerprint density at radius 3 is 2.71 bits per heavy atom. The molecule has 2 atom stereocenters.